The maximum Gasteiger partial charge on any atom is 0.321 e. The van der Waals surface area contributed by atoms with Gasteiger partial charge in [0, 0.05) is 29.5 Å². The third-order valence-corrected chi connectivity index (χ3v) is 7.67. The van der Waals surface area contributed by atoms with Crippen LogP contribution in [0.1, 0.15) is 49.8 Å². The second-order valence-corrected chi connectivity index (χ2v) is 10.3. The standard InChI is InChI=1S/C29H30ClN3O2/c1-20(2)21-8-12-24(13-9-21)31-28(35)32-18-16-29(17-19-32)26(22-6-4-3-5-7-22)33(27(29)34)25-14-10-23(30)11-15-25/h3-15,20,26H,16-19H2,1-2H3,(H,31,35). The van der Waals surface area contributed by atoms with Crippen LogP contribution in [0.5, 0.6) is 0 Å². The van der Waals surface area contributed by atoms with Gasteiger partial charge in [-0.1, -0.05) is 67.9 Å². The summed E-state index contributed by atoms with van der Waals surface area (Å²) >= 11 is 6.09. The molecule has 5 nitrogen and oxygen atoms in total. The number of halogens is 1. The van der Waals surface area contributed by atoms with Gasteiger partial charge < -0.3 is 15.1 Å². The first-order valence-electron chi connectivity index (χ1n) is 12.2. The van der Waals surface area contributed by atoms with Crippen molar-refractivity contribution in [2.75, 3.05) is 23.3 Å². The Labute approximate surface area is 211 Å². The van der Waals surface area contributed by atoms with E-state index < -0.39 is 5.41 Å². The van der Waals surface area contributed by atoms with Crippen LogP contribution in [-0.2, 0) is 4.79 Å². The summed E-state index contributed by atoms with van der Waals surface area (Å²) in [7, 11) is 0. The van der Waals surface area contributed by atoms with Crippen LogP contribution in [0.25, 0.3) is 0 Å². The van der Waals surface area contributed by atoms with Crippen molar-refractivity contribution in [1.29, 1.82) is 0 Å². The summed E-state index contributed by atoms with van der Waals surface area (Å²) in [5.74, 6) is 0.570. The number of nitrogens with zero attached hydrogens (tertiary/aromatic N) is 2. The van der Waals surface area contributed by atoms with Crippen molar-refractivity contribution in [3.8, 4) is 0 Å². The minimum absolute atomic E-state index is 0.0637. The normalized spacial score (nSPS) is 19.1. The van der Waals surface area contributed by atoms with Gasteiger partial charge in [0.2, 0.25) is 5.91 Å². The summed E-state index contributed by atoms with van der Waals surface area (Å²) in [6, 6.07) is 25.4. The fourth-order valence-corrected chi connectivity index (χ4v) is 5.50. The lowest BCUT2D eigenvalue weighted by molar-refractivity contribution is -0.144. The Morgan fingerprint density at radius 2 is 1.57 bits per heavy atom. The summed E-state index contributed by atoms with van der Waals surface area (Å²) in [5, 5.41) is 3.66. The van der Waals surface area contributed by atoms with Crippen molar-refractivity contribution >= 4 is 34.9 Å². The number of piperidine rings is 1. The zero-order valence-corrected chi connectivity index (χ0v) is 20.8. The molecule has 3 aromatic carbocycles. The third kappa shape index (κ3) is 4.30. The zero-order valence-electron chi connectivity index (χ0n) is 20.1. The number of rotatable bonds is 4. The van der Waals surface area contributed by atoms with Gasteiger partial charge in [0.1, 0.15) is 0 Å². The predicted octanol–water partition coefficient (Wildman–Crippen LogP) is 6.87. The van der Waals surface area contributed by atoms with Crippen LogP contribution in [0.4, 0.5) is 16.2 Å². The van der Waals surface area contributed by atoms with Crippen LogP contribution in [-0.4, -0.2) is 29.9 Å². The molecule has 0 saturated carbocycles. The number of carbonyl (C=O) groups excluding carboxylic acids is 2. The van der Waals surface area contributed by atoms with Gasteiger partial charge in [0.25, 0.3) is 0 Å². The van der Waals surface area contributed by atoms with E-state index in [1.54, 1.807) is 0 Å². The highest BCUT2D eigenvalue weighted by atomic mass is 35.5. The van der Waals surface area contributed by atoms with E-state index >= 15 is 0 Å². The number of anilines is 2. The lowest BCUT2D eigenvalue weighted by atomic mass is 9.62. The van der Waals surface area contributed by atoms with Gasteiger partial charge in [0.15, 0.2) is 0 Å². The smallest absolute Gasteiger partial charge is 0.321 e. The van der Waals surface area contributed by atoms with E-state index in [1.807, 2.05) is 76.5 Å². The largest absolute Gasteiger partial charge is 0.324 e. The Morgan fingerprint density at radius 3 is 2.17 bits per heavy atom. The molecular weight excluding hydrogens is 458 g/mol. The van der Waals surface area contributed by atoms with Crippen LogP contribution >= 0.6 is 11.6 Å². The van der Waals surface area contributed by atoms with Crippen molar-refractivity contribution in [3.63, 3.8) is 0 Å². The lowest BCUT2D eigenvalue weighted by Gasteiger charge is -2.59. The molecule has 180 valence electrons. The van der Waals surface area contributed by atoms with Crippen molar-refractivity contribution in [2.45, 2.75) is 38.6 Å². The molecule has 1 atom stereocenters. The Balaban J connectivity index is 1.32. The molecule has 0 aromatic heterocycles. The number of urea groups is 1. The number of nitrogens with one attached hydrogen (secondary N) is 1. The topological polar surface area (TPSA) is 52.7 Å². The Morgan fingerprint density at radius 1 is 0.943 bits per heavy atom. The van der Waals surface area contributed by atoms with Gasteiger partial charge in [-0.25, -0.2) is 4.79 Å². The molecule has 1 unspecified atom stereocenters. The van der Waals surface area contributed by atoms with E-state index in [0.717, 1.165) is 16.9 Å². The molecule has 0 aliphatic carbocycles. The molecular formula is C29H30ClN3O2. The molecule has 1 N–H and O–H groups in total. The molecule has 0 bridgehead atoms. The molecule has 2 aliphatic rings. The molecule has 2 fully saturated rings. The maximum absolute atomic E-state index is 13.6. The summed E-state index contributed by atoms with van der Waals surface area (Å²) in [6.07, 6.45) is 1.27. The number of hydrogen-bond acceptors (Lipinski definition) is 2. The van der Waals surface area contributed by atoms with Crippen molar-refractivity contribution in [2.24, 2.45) is 5.41 Å². The Kier molecular flexibility index (Phi) is 6.28. The maximum atomic E-state index is 13.6. The molecule has 35 heavy (non-hydrogen) atoms. The third-order valence-electron chi connectivity index (χ3n) is 7.42. The van der Waals surface area contributed by atoms with Crippen LogP contribution < -0.4 is 10.2 Å². The van der Waals surface area contributed by atoms with Gasteiger partial charge in [-0.05, 0) is 66.3 Å². The summed E-state index contributed by atoms with van der Waals surface area (Å²) in [4.78, 5) is 30.3. The first kappa shape index (κ1) is 23.4. The van der Waals surface area contributed by atoms with Crippen LogP contribution in [0.2, 0.25) is 5.02 Å². The SMILES string of the molecule is CC(C)c1ccc(NC(=O)N2CCC3(CC2)C(=O)N(c2ccc(Cl)cc2)C3c2ccccc2)cc1. The van der Waals surface area contributed by atoms with Crippen molar-refractivity contribution < 1.29 is 9.59 Å². The molecule has 1 spiro atoms. The van der Waals surface area contributed by atoms with E-state index in [9.17, 15) is 9.59 Å². The van der Waals surface area contributed by atoms with E-state index in [2.05, 4.69) is 31.3 Å². The quantitative estimate of drug-likeness (QED) is 0.408. The monoisotopic (exact) mass is 487 g/mol. The first-order valence-corrected chi connectivity index (χ1v) is 12.6. The van der Waals surface area contributed by atoms with Gasteiger partial charge in [-0.2, -0.15) is 0 Å². The van der Waals surface area contributed by atoms with Gasteiger partial charge in [-0.3, -0.25) is 4.79 Å². The van der Waals surface area contributed by atoms with E-state index in [1.165, 1.54) is 5.56 Å². The summed E-state index contributed by atoms with van der Waals surface area (Å²) in [6.45, 7) is 5.38. The van der Waals surface area contributed by atoms with Gasteiger partial charge in [0.05, 0.1) is 11.5 Å². The van der Waals surface area contributed by atoms with Gasteiger partial charge >= 0.3 is 6.03 Å². The fourth-order valence-electron chi connectivity index (χ4n) is 5.38. The van der Waals surface area contributed by atoms with E-state index in [-0.39, 0.29) is 18.0 Å². The second-order valence-electron chi connectivity index (χ2n) is 9.81. The molecule has 2 saturated heterocycles. The highest BCUT2D eigenvalue weighted by Crippen LogP contribution is 2.57. The summed E-state index contributed by atoms with van der Waals surface area (Å²) in [5.41, 5.74) is 3.49. The molecule has 3 amide bonds. The number of carbonyl (C=O) groups is 2. The van der Waals surface area contributed by atoms with Crippen LogP contribution in [0.3, 0.4) is 0 Å². The first-order chi connectivity index (χ1) is 16.9. The summed E-state index contributed by atoms with van der Waals surface area (Å²) < 4.78 is 0. The second kappa shape index (κ2) is 9.38. The molecule has 5 rings (SSSR count). The average Bonchev–Trinajstić information content (AvgIpc) is 2.88. The minimum Gasteiger partial charge on any atom is -0.324 e. The van der Waals surface area contributed by atoms with Crippen LogP contribution in [0, 0.1) is 5.41 Å². The predicted molar refractivity (Wildman–Crippen MR) is 141 cm³/mol. The zero-order chi connectivity index (χ0) is 24.6. The molecule has 2 aliphatic heterocycles. The molecule has 3 aromatic rings. The van der Waals surface area contributed by atoms with Crippen LogP contribution in [0.15, 0.2) is 78.9 Å². The molecule has 6 heteroatoms. The number of β-lactam (4-membered cyclic amide) rings is 1. The number of hydrogen-bond donors (Lipinski definition) is 1. The average molecular weight is 488 g/mol. The van der Waals surface area contributed by atoms with Gasteiger partial charge in [-0.15, -0.1) is 0 Å². The minimum atomic E-state index is -0.503. The highest BCUT2D eigenvalue weighted by molar-refractivity contribution is 6.30. The van der Waals surface area contributed by atoms with E-state index in [4.69, 9.17) is 11.6 Å². The Bertz CT molecular complexity index is 1200. The van der Waals surface area contributed by atoms with Crippen molar-refractivity contribution in [3.05, 3.63) is 95.0 Å². The molecule has 2 heterocycles. The highest BCUT2D eigenvalue weighted by Gasteiger charge is 2.62. The number of benzene rings is 3. The number of amides is 3. The lowest BCUT2D eigenvalue weighted by Crippen LogP contribution is -2.67. The van der Waals surface area contributed by atoms with E-state index in [0.29, 0.717) is 36.9 Å². The van der Waals surface area contributed by atoms with Crippen molar-refractivity contribution in [1.82, 2.24) is 4.90 Å². The Hall–Kier alpha value is -3.31. The fraction of sp³-hybridized carbons (Fsp3) is 0.310. The number of likely N-dealkylation sites (tertiary alicyclic amines) is 1. The molecule has 0 radical (unpaired) electrons.